The number of hydrogen-bond donors (Lipinski definition) is 2. The fraction of sp³-hybridized carbons (Fsp3) is 0.278. The Balaban J connectivity index is 1.69. The van der Waals surface area contributed by atoms with Gasteiger partial charge in [-0.05, 0) is 36.1 Å². The van der Waals surface area contributed by atoms with Crippen LogP contribution in [-0.4, -0.2) is 26.1 Å². The van der Waals surface area contributed by atoms with Crippen LogP contribution >= 0.6 is 0 Å². The zero-order valence-electron chi connectivity index (χ0n) is 12.8. The molecule has 0 aromatic heterocycles. The highest BCUT2D eigenvalue weighted by molar-refractivity contribution is 5.79. The van der Waals surface area contributed by atoms with E-state index in [0.717, 1.165) is 30.9 Å². The van der Waals surface area contributed by atoms with Crippen LogP contribution in [0.5, 0.6) is 0 Å². The summed E-state index contributed by atoms with van der Waals surface area (Å²) in [4.78, 5) is 4.19. The third kappa shape index (κ3) is 5.56. The molecule has 0 fully saturated rings. The van der Waals surface area contributed by atoms with Crippen molar-refractivity contribution in [2.75, 3.05) is 20.1 Å². The van der Waals surface area contributed by atoms with Gasteiger partial charge < -0.3 is 10.6 Å². The lowest BCUT2D eigenvalue weighted by atomic mass is 10.1. The van der Waals surface area contributed by atoms with Crippen molar-refractivity contribution < 1.29 is 4.39 Å². The molecule has 0 heterocycles. The first kappa shape index (κ1) is 16.0. The Kier molecular flexibility index (Phi) is 6.42. The van der Waals surface area contributed by atoms with E-state index in [2.05, 4.69) is 27.8 Å². The molecule has 0 spiro atoms. The molecule has 0 aliphatic heterocycles. The minimum Gasteiger partial charge on any atom is -0.356 e. The maximum absolute atomic E-state index is 13.1. The second kappa shape index (κ2) is 8.82. The van der Waals surface area contributed by atoms with Crippen molar-refractivity contribution in [2.24, 2.45) is 4.99 Å². The Morgan fingerprint density at radius 2 is 1.55 bits per heavy atom. The van der Waals surface area contributed by atoms with E-state index in [0.29, 0.717) is 6.54 Å². The van der Waals surface area contributed by atoms with Gasteiger partial charge in [0, 0.05) is 20.1 Å². The molecule has 3 nitrogen and oxygen atoms in total. The largest absolute Gasteiger partial charge is 0.356 e. The fourth-order valence-corrected chi connectivity index (χ4v) is 2.21. The van der Waals surface area contributed by atoms with Gasteiger partial charge in [0.25, 0.3) is 0 Å². The summed E-state index contributed by atoms with van der Waals surface area (Å²) in [5.41, 5.74) is 2.28. The lowest BCUT2D eigenvalue weighted by molar-refractivity contribution is 0.625. The zero-order valence-corrected chi connectivity index (χ0v) is 12.8. The minimum atomic E-state index is -0.192. The second-order valence-corrected chi connectivity index (χ2v) is 5.04. The molecule has 0 aliphatic carbocycles. The molecule has 2 aromatic carbocycles. The van der Waals surface area contributed by atoms with Crippen LogP contribution in [0.25, 0.3) is 0 Å². The molecule has 4 heteroatoms. The van der Waals surface area contributed by atoms with Gasteiger partial charge in [-0.15, -0.1) is 0 Å². The predicted octanol–water partition coefficient (Wildman–Crippen LogP) is 2.78. The summed E-state index contributed by atoms with van der Waals surface area (Å²) < 4.78 is 13.1. The van der Waals surface area contributed by atoms with Gasteiger partial charge in [-0.25, -0.2) is 4.39 Å². The Morgan fingerprint density at radius 1 is 0.909 bits per heavy atom. The molecule has 0 saturated carbocycles. The van der Waals surface area contributed by atoms with E-state index in [4.69, 9.17) is 0 Å². The lowest BCUT2D eigenvalue weighted by Crippen LogP contribution is -2.39. The summed E-state index contributed by atoms with van der Waals surface area (Å²) in [7, 11) is 1.75. The smallest absolute Gasteiger partial charge is 0.190 e. The molecular formula is C18H22FN3. The molecule has 0 unspecified atom stereocenters. The van der Waals surface area contributed by atoms with E-state index < -0.39 is 0 Å². The van der Waals surface area contributed by atoms with Crippen LogP contribution in [0.4, 0.5) is 4.39 Å². The van der Waals surface area contributed by atoms with Crippen LogP contribution in [-0.2, 0) is 12.8 Å². The van der Waals surface area contributed by atoms with Gasteiger partial charge in [0.05, 0.1) is 0 Å². The highest BCUT2D eigenvalue weighted by Gasteiger charge is 1.99. The van der Waals surface area contributed by atoms with E-state index >= 15 is 0 Å². The third-order valence-electron chi connectivity index (χ3n) is 3.37. The first-order valence-corrected chi connectivity index (χ1v) is 7.51. The van der Waals surface area contributed by atoms with Crippen LogP contribution < -0.4 is 10.6 Å². The Hall–Kier alpha value is -2.36. The monoisotopic (exact) mass is 299 g/mol. The van der Waals surface area contributed by atoms with E-state index in [1.807, 2.05) is 24.3 Å². The summed E-state index contributed by atoms with van der Waals surface area (Å²) >= 11 is 0. The van der Waals surface area contributed by atoms with Gasteiger partial charge in [0.2, 0.25) is 0 Å². The third-order valence-corrected chi connectivity index (χ3v) is 3.37. The second-order valence-electron chi connectivity index (χ2n) is 5.04. The lowest BCUT2D eigenvalue weighted by Gasteiger charge is -2.12. The normalized spacial score (nSPS) is 11.3. The number of nitrogens with zero attached hydrogens (tertiary/aromatic N) is 1. The molecule has 0 radical (unpaired) electrons. The van der Waals surface area contributed by atoms with E-state index in [1.165, 1.54) is 11.6 Å². The van der Waals surface area contributed by atoms with Crippen molar-refractivity contribution in [3.8, 4) is 0 Å². The first-order valence-electron chi connectivity index (χ1n) is 7.51. The van der Waals surface area contributed by atoms with E-state index in [9.17, 15) is 4.39 Å². The van der Waals surface area contributed by atoms with Crippen LogP contribution in [0.2, 0.25) is 0 Å². The molecule has 0 saturated heterocycles. The Bertz CT molecular complexity index is 596. The summed E-state index contributed by atoms with van der Waals surface area (Å²) in [5.74, 6) is 0.579. The maximum Gasteiger partial charge on any atom is 0.190 e. The fourth-order valence-electron chi connectivity index (χ4n) is 2.21. The van der Waals surface area contributed by atoms with Crippen molar-refractivity contribution in [1.29, 1.82) is 0 Å². The minimum absolute atomic E-state index is 0.192. The molecule has 2 rings (SSSR count). The standard InChI is InChI=1S/C18H22FN3/c1-20-18(21-12-10-15-6-3-2-4-7-15)22-13-11-16-8-5-9-17(19)14-16/h2-9,14H,10-13H2,1H3,(H2,20,21,22). The van der Waals surface area contributed by atoms with Gasteiger partial charge in [-0.3, -0.25) is 4.99 Å². The molecule has 116 valence electrons. The van der Waals surface area contributed by atoms with Gasteiger partial charge in [0.1, 0.15) is 5.82 Å². The highest BCUT2D eigenvalue weighted by Crippen LogP contribution is 2.03. The number of halogens is 1. The summed E-state index contributed by atoms with van der Waals surface area (Å²) in [6.07, 6.45) is 1.71. The number of hydrogen-bond acceptors (Lipinski definition) is 1. The molecule has 0 amide bonds. The van der Waals surface area contributed by atoms with Gasteiger partial charge in [-0.1, -0.05) is 42.5 Å². The number of nitrogens with one attached hydrogen (secondary N) is 2. The van der Waals surface area contributed by atoms with Crippen molar-refractivity contribution in [3.63, 3.8) is 0 Å². The van der Waals surface area contributed by atoms with Crippen LogP contribution in [0.3, 0.4) is 0 Å². The van der Waals surface area contributed by atoms with Gasteiger partial charge in [-0.2, -0.15) is 0 Å². The average molecular weight is 299 g/mol. The molecule has 0 atom stereocenters. The molecule has 22 heavy (non-hydrogen) atoms. The van der Waals surface area contributed by atoms with Gasteiger partial charge in [0.15, 0.2) is 5.96 Å². The van der Waals surface area contributed by atoms with Crippen molar-refractivity contribution in [3.05, 3.63) is 71.5 Å². The van der Waals surface area contributed by atoms with Crippen molar-refractivity contribution in [1.82, 2.24) is 10.6 Å². The average Bonchev–Trinajstić information content (AvgIpc) is 2.54. The molecule has 0 bridgehead atoms. The number of rotatable bonds is 6. The quantitative estimate of drug-likeness (QED) is 0.635. The van der Waals surface area contributed by atoms with E-state index in [1.54, 1.807) is 19.2 Å². The molecule has 2 aromatic rings. The van der Waals surface area contributed by atoms with Crippen molar-refractivity contribution in [2.45, 2.75) is 12.8 Å². The summed E-state index contributed by atoms with van der Waals surface area (Å²) in [5, 5.41) is 6.52. The Labute approximate surface area is 131 Å². The van der Waals surface area contributed by atoms with Crippen LogP contribution in [0.15, 0.2) is 59.6 Å². The van der Waals surface area contributed by atoms with E-state index in [-0.39, 0.29) is 5.82 Å². The topological polar surface area (TPSA) is 36.4 Å². The maximum atomic E-state index is 13.1. The van der Waals surface area contributed by atoms with Crippen molar-refractivity contribution >= 4 is 5.96 Å². The zero-order chi connectivity index (χ0) is 15.6. The van der Waals surface area contributed by atoms with Crippen LogP contribution in [0, 0.1) is 5.82 Å². The highest BCUT2D eigenvalue weighted by atomic mass is 19.1. The SMILES string of the molecule is CN=C(NCCc1ccccc1)NCCc1cccc(F)c1. The molecule has 0 aliphatic rings. The Morgan fingerprint density at radius 3 is 2.18 bits per heavy atom. The molecule has 2 N–H and O–H groups in total. The number of aliphatic imine (C=N–C) groups is 1. The molecular weight excluding hydrogens is 277 g/mol. The number of benzene rings is 2. The van der Waals surface area contributed by atoms with Gasteiger partial charge >= 0.3 is 0 Å². The number of guanidine groups is 1. The van der Waals surface area contributed by atoms with Crippen LogP contribution in [0.1, 0.15) is 11.1 Å². The predicted molar refractivity (Wildman–Crippen MR) is 89.6 cm³/mol. The summed E-state index contributed by atoms with van der Waals surface area (Å²) in [6, 6.07) is 17.0. The first-order chi connectivity index (χ1) is 10.8. The summed E-state index contributed by atoms with van der Waals surface area (Å²) in [6.45, 7) is 1.54.